The number of unbranched alkanes of at least 4 members (excludes halogenated alkanes) is 1. The standard InChI is InChI=1S/C34H39NO8/c1-40-34(39)27-13-16-31(30(24-27)32(36)35-19-17-26(18-20-35)33(37)38)43-23-7-8-25-11-14-29(15-12-25)42-22-6-5-21-41-28-9-3-2-4-10-28/h2-4,9-16,24,26H,5-8,17-23H2,1H3,(H,37,38). The van der Waals surface area contributed by atoms with Crippen LogP contribution in [0.1, 0.15) is 58.4 Å². The summed E-state index contributed by atoms with van der Waals surface area (Å²) in [7, 11) is 1.29. The summed E-state index contributed by atoms with van der Waals surface area (Å²) < 4.78 is 22.4. The molecule has 9 heteroatoms. The van der Waals surface area contributed by atoms with Crippen LogP contribution < -0.4 is 14.2 Å². The van der Waals surface area contributed by atoms with Crippen LogP contribution in [0.25, 0.3) is 0 Å². The van der Waals surface area contributed by atoms with Gasteiger partial charge in [0, 0.05) is 13.1 Å². The lowest BCUT2D eigenvalue weighted by Gasteiger charge is -2.30. The molecule has 0 radical (unpaired) electrons. The summed E-state index contributed by atoms with van der Waals surface area (Å²) in [5.74, 6) is -0.0389. The second kappa shape index (κ2) is 16.2. The Labute approximate surface area is 252 Å². The number of aryl methyl sites for hydroxylation is 1. The van der Waals surface area contributed by atoms with Gasteiger partial charge in [0.25, 0.3) is 5.91 Å². The molecule has 1 N–H and O–H groups in total. The van der Waals surface area contributed by atoms with E-state index in [9.17, 15) is 19.5 Å². The van der Waals surface area contributed by atoms with E-state index >= 15 is 0 Å². The number of methoxy groups -OCH3 is 1. The zero-order valence-corrected chi connectivity index (χ0v) is 24.5. The lowest BCUT2D eigenvalue weighted by Crippen LogP contribution is -2.40. The molecule has 0 atom stereocenters. The zero-order valence-electron chi connectivity index (χ0n) is 24.5. The number of benzene rings is 3. The largest absolute Gasteiger partial charge is 0.494 e. The predicted octanol–water partition coefficient (Wildman–Crippen LogP) is 5.66. The van der Waals surface area contributed by atoms with Gasteiger partial charge in [-0.3, -0.25) is 9.59 Å². The molecule has 1 fully saturated rings. The Hall–Kier alpha value is -4.53. The lowest BCUT2D eigenvalue weighted by atomic mass is 9.96. The summed E-state index contributed by atoms with van der Waals surface area (Å²) in [5.41, 5.74) is 1.66. The Morgan fingerprint density at radius 1 is 0.791 bits per heavy atom. The van der Waals surface area contributed by atoms with Crippen LogP contribution in [0.4, 0.5) is 0 Å². The maximum atomic E-state index is 13.4. The number of carboxylic acid groups (broad SMARTS) is 1. The normalized spacial score (nSPS) is 13.3. The number of carbonyl (C=O) groups excluding carboxylic acids is 2. The number of rotatable bonds is 15. The first-order valence-corrected chi connectivity index (χ1v) is 14.7. The molecule has 0 aliphatic carbocycles. The van der Waals surface area contributed by atoms with E-state index in [0.717, 1.165) is 42.7 Å². The highest BCUT2D eigenvalue weighted by Crippen LogP contribution is 2.26. The summed E-state index contributed by atoms with van der Waals surface area (Å²) >= 11 is 0. The van der Waals surface area contributed by atoms with Crippen LogP contribution >= 0.6 is 0 Å². The van der Waals surface area contributed by atoms with Crippen molar-refractivity contribution in [3.8, 4) is 17.2 Å². The fourth-order valence-corrected chi connectivity index (χ4v) is 4.88. The molecule has 1 amide bonds. The van der Waals surface area contributed by atoms with Crippen LogP contribution in [0.15, 0.2) is 72.8 Å². The molecule has 9 nitrogen and oxygen atoms in total. The van der Waals surface area contributed by atoms with Crippen molar-refractivity contribution in [2.75, 3.05) is 40.0 Å². The molecular weight excluding hydrogens is 550 g/mol. The van der Waals surface area contributed by atoms with Crippen LogP contribution in [0.3, 0.4) is 0 Å². The second-order valence-corrected chi connectivity index (χ2v) is 10.4. The highest BCUT2D eigenvalue weighted by molar-refractivity contribution is 6.00. The van der Waals surface area contributed by atoms with Crippen molar-refractivity contribution in [2.24, 2.45) is 5.92 Å². The number of esters is 1. The Morgan fingerprint density at radius 3 is 2.05 bits per heavy atom. The Bertz CT molecular complexity index is 1330. The topological polar surface area (TPSA) is 112 Å². The molecule has 43 heavy (non-hydrogen) atoms. The fraction of sp³-hybridized carbons (Fsp3) is 0.382. The van der Waals surface area contributed by atoms with Gasteiger partial charge in [0.1, 0.15) is 17.2 Å². The summed E-state index contributed by atoms with van der Waals surface area (Å²) in [4.78, 5) is 38.4. The van der Waals surface area contributed by atoms with Gasteiger partial charge in [-0.05, 0) is 86.6 Å². The minimum absolute atomic E-state index is 0.251. The van der Waals surface area contributed by atoms with E-state index in [1.807, 2.05) is 54.6 Å². The van der Waals surface area contributed by atoms with E-state index in [1.54, 1.807) is 17.0 Å². The molecule has 0 unspecified atom stereocenters. The number of para-hydroxylation sites is 1. The smallest absolute Gasteiger partial charge is 0.337 e. The molecule has 1 aliphatic heterocycles. The van der Waals surface area contributed by atoms with Crippen LogP contribution in [-0.2, 0) is 16.0 Å². The highest BCUT2D eigenvalue weighted by Gasteiger charge is 2.29. The minimum Gasteiger partial charge on any atom is -0.494 e. The van der Waals surface area contributed by atoms with Crippen molar-refractivity contribution in [3.63, 3.8) is 0 Å². The molecule has 1 heterocycles. The van der Waals surface area contributed by atoms with Crippen LogP contribution in [-0.4, -0.2) is 67.9 Å². The first-order valence-electron chi connectivity index (χ1n) is 14.7. The molecule has 0 bridgehead atoms. The van der Waals surface area contributed by atoms with E-state index in [2.05, 4.69) is 0 Å². The third kappa shape index (κ3) is 9.49. The number of carboxylic acids is 1. The summed E-state index contributed by atoms with van der Waals surface area (Å²) in [6.45, 7) is 2.33. The highest BCUT2D eigenvalue weighted by atomic mass is 16.5. The van der Waals surface area contributed by atoms with E-state index in [-0.39, 0.29) is 17.0 Å². The van der Waals surface area contributed by atoms with Gasteiger partial charge in [-0.25, -0.2) is 4.79 Å². The average Bonchev–Trinajstić information content (AvgIpc) is 3.05. The number of ether oxygens (including phenoxy) is 4. The maximum Gasteiger partial charge on any atom is 0.337 e. The van der Waals surface area contributed by atoms with Crippen molar-refractivity contribution in [2.45, 2.75) is 38.5 Å². The van der Waals surface area contributed by atoms with Crippen LogP contribution in [0, 0.1) is 5.92 Å². The number of aliphatic carboxylic acids is 1. The number of amides is 1. The van der Waals surface area contributed by atoms with Crippen molar-refractivity contribution < 1.29 is 38.4 Å². The molecule has 1 aliphatic rings. The van der Waals surface area contributed by atoms with Gasteiger partial charge >= 0.3 is 11.9 Å². The van der Waals surface area contributed by atoms with Gasteiger partial charge in [0.2, 0.25) is 0 Å². The minimum atomic E-state index is -0.841. The molecule has 3 aromatic carbocycles. The van der Waals surface area contributed by atoms with Crippen LogP contribution in [0.5, 0.6) is 17.2 Å². The van der Waals surface area contributed by atoms with Crippen molar-refractivity contribution in [1.29, 1.82) is 0 Å². The maximum absolute atomic E-state index is 13.4. The van der Waals surface area contributed by atoms with Gasteiger partial charge in [-0.1, -0.05) is 30.3 Å². The first kappa shape index (κ1) is 31.4. The third-order valence-corrected chi connectivity index (χ3v) is 7.37. The molecular formula is C34H39NO8. The Morgan fingerprint density at radius 2 is 1.42 bits per heavy atom. The van der Waals surface area contributed by atoms with E-state index in [4.69, 9.17) is 18.9 Å². The number of carbonyl (C=O) groups is 3. The summed E-state index contributed by atoms with van der Waals surface area (Å²) in [6.07, 6.45) is 4.09. The zero-order chi connectivity index (χ0) is 30.4. The number of piperidine rings is 1. The molecule has 4 rings (SSSR count). The lowest BCUT2D eigenvalue weighted by molar-refractivity contribution is -0.143. The molecule has 0 aromatic heterocycles. The predicted molar refractivity (Wildman–Crippen MR) is 161 cm³/mol. The monoisotopic (exact) mass is 589 g/mol. The Balaban J connectivity index is 1.22. The van der Waals surface area contributed by atoms with E-state index in [1.165, 1.54) is 13.2 Å². The number of hydrogen-bond donors (Lipinski definition) is 1. The molecule has 3 aromatic rings. The van der Waals surface area contributed by atoms with Gasteiger partial charge in [0.05, 0.1) is 44.0 Å². The van der Waals surface area contributed by atoms with Crippen molar-refractivity contribution >= 4 is 17.8 Å². The third-order valence-electron chi connectivity index (χ3n) is 7.37. The van der Waals surface area contributed by atoms with Crippen molar-refractivity contribution in [3.05, 3.63) is 89.5 Å². The van der Waals surface area contributed by atoms with Crippen LogP contribution in [0.2, 0.25) is 0 Å². The van der Waals surface area contributed by atoms with E-state index in [0.29, 0.717) is 51.5 Å². The molecule has 1 saturated heterocycles. The van der Waals surface area contributed by atoms with Gasteiger partial charge < -0.3 is 29.0 Å². The SMILES string of the molecule is COC(=O)c1ccc(OCCCc2ccc(OCCCCOc3ccccc3)cc2)c(C(=O)N2CCC(C(=O)O)CC2)c1. The molecule has 0 saturated carbocycles. The Kier molecular flexibility index (Phi) is 11.8. The van der Waals surface area contributed by atoms with Gasteiger partial charge in [0.15, 0.2) is 0 Å². The average molecular weight is 590 g/mol. The fourth-order valence-electron chi connectivity index (χ4n) is 4.88. The van der Waals surface area contributed by atoms with Crippen molar-refractivity contribution in [1.82, 2.24) is 4.90 Å². The quantitative estimate of drug-likeness (QED) is 0.179. The number of likely N-dealkylation sites (tertiary alicyclic amines) is 1. The van der Waals surface area contributed by atoms with Gasteiger partial charge in [-0.15, -0.1) is 0 Å². The number of nitrogens with zero attached hydrogens (tertiary/aromatic N) is 1. The molecule has 0 spiro atoms. The summed E-state index contributed by atoms with van der Waals surface area (Å²) in [5, 5.41) is 9.27. The van der Waals surface area contributed by atoms with E-state index < -0.39 is 17.9 Å². The number of hydrogen-bond acceptors (Lipinski definition) is 7. The van der Waals surface area contributed by atoms with Gasteiger partial charge in [-0.2, -0.15) is 0 Å². The second-order valence-electron chi connectivity index (χ2n) is 10.4. The first-order chi connectivity index (χ1) is 20.9. The summed E-state index contributed by atoms with van der Waals surface area (Å²) in [6, 6.07) is 22.5. The molecule has 228 valence electrons.